The summed E-state index contributed by atoms with van der Waals surface area (Å²) in [6.45, 7) is 0. The van der Waals surface area contributed by atoms with Gasteiger partial charge in [0.25, 0.3) is 5.91 Å². The van der Waals surface area contributed by atoms with E-state index in [1.54, 1.807) is 25.2 Å². The van der Waals surface area contributed by atoms with Gasteiger partial charge in [0, 0.05) is 12.7 Å². The van der Waals surface area contributed by atoms with Gasteiger partial charge in [-0.05, 0) is 42.7 Å². The summed E-state index contributed by atoms with van der Waals surface area (Å²) < 4.78 is 13.6. The van der Waals surface area contributed by atoms with Gasteiger partial charge in [-0.2, -0.15) is 0 Å². The molecule has 0 saturated heterocycles. The second kappa shape index (κ2) is 5.83. The van der Waals surface area contributed by atoms with Crippen LogP contribution in [0.3, 0.4) is 0 Å². The topological polar surface area (TPSA) is 58.2 Å². The lowest BCUT2D eigenvalue weighted by molar-refractivity contribution is -0.123. The zero-order valence-electron chi connectivity index (χ0n) is 12.7. The van der Waals surface area contributed by atoms with Crippen molar-refractivity contribution in [2.24, 2.45) is 0 Å². The molecule has 0 bridgehead atoms. The van der Waals surface area contributed by atoms with Crippen LogP contribution >= 0.6 is 0 Å². The van der Waals surface area contributed by atoms with Gasteiger partial charge in [-0.3, -0.25) is 9.59 Å². The number of anilines is 1. The van der Waals surface area contributed by atoms with Gasteiger partial charge in [-0.1, -0.05) is 24.3 Å². The highest BCUT2D eigenvalue weighted by Gasteiger charge is 2.50. The molecule has 23 heavy (non-hydrogen) atoms. The second-order valence-corrected chi connectivity index (χ2v) is 5.67. The van der Waals surface area contributed by atoms with Gasteiger partial charge in [0.1, 0.15) is 5.82 Å². The molecular formula is C18H17FN2O2. The maximum atomic E-state index is 13.6. The van der Waals surface area contributed by atoms with Crippen molar-refractivity contribution in [3.8, 4) is 0 Å². The lowest BCUT2D eigenvalue weighted by Crippen LogP contribution is -2.31. The molecule has 2 aromatic rings. The summed E-state index contributed by atoms with van der Waals surface area (Å²) in [5, 5.41) is 5.35. The number of amides is 2. The van der Waals surface area contributed by atoms with Crippen LogP contribution in [-0.4, -0.2) is 18.9 Å². The van der Waals surface area contributed by atoms with E-state index in [9.17, 15) is 14.0 Å². The third-order valence-corrected chi connectivity index (χ3v) is 4.23. The van der Waals surface area contributed by atoms with Crippen molar-refractivity contribution in [1.29, 1.82) is 0 Å². The van der Waals surface area contributed by atoms with Crippen molar-refractivity contribution in [2.75, 3.05) is 12.4 Å². The summed E-state index contributed by atoms with van der Waals surface area (Å²) >= 11 is 0. The fourth-order valence-corrected chi connectivity index (χ4v) is 2.73. The molecule has 5 heteroatoms. The first-order valence-corrected chi connectivity index (χ1v) is 7.45. The minimum atomic E-state index is -0.557. The molecule has 0 aliphatic heterocycles. The molecule has 4 nitrogen and oxygen atoms in total. The Bertz CT molecular complexity index is 752. The predicted octanol–water partition coefficient (Wildman–Crippen LogP) is 2.86. The maximum Gasteiger partial charge on any atom is 0.258 e. The Morgan fingerprint density at radius 1 is 1.04 bits per heavy atom. The second-order valence-electron chi connectivity index (χ2n) is 5.67. The zero-order chi connectivity index (χ0) is 16.4. The summed E-state index contributed by atoms with van der Waals surface area (Å²) in [6, 6.07) is 13.0. The predicted molar refractivity (Wildman–Crippen MR) is 85.8 cm³/mol. The van der Waals surface area contributed by atoms with E-state index in [1.807, 2.05) is 12.1 Å². The Hall–Kier alpha value is -2.69. The Balaban J connectivity index is 1.75. The van der Waals surface area contributed by atoms with Gasteiger partial charge in [0.2, 0.25) is 5.91 Å². The van der Waals surface area contributed by atoms with E-state index in [1.165, 1.54) is 18.2 Å². The van der Waals surface area contributed by atoms with E-state index in [2.05, 4.69) is 10.6 Å². The summed E-state index contributed by atoms with van der Waals surface area (Å²) in [4.78, 5) is 24.0. The van der Waals surface area contributed by atoms with Crippen LogP contribution in [0.1, 0.15) is 28.8 Å². The van der Waals surface area contributed by atoms with Crippen LogP contribution in [0.4, 0.5) is 10.1 Å². The number of benzene rings is 2. The number of hydrogen-bond acceptors (Lipinski definition) is 2. The Morgan fingerprint density at radius 2 is 1.70 bits per heavy atom. The molecule has 1 aliphatic rings. The molecule has 0 unspecified atom stereocenters. The average Bonchev–Trinajstić information content (AvgIpc) is 3.37. The van der Waals surface area contributed by atoms with Gasteiger partial charge in [-0.25, -0.2) is 4.39 Å². The summed E-state index contributed by atoms with van der Waals surface area (Å²) in [7, 11) is 1.63. The van der Waals surface area contributed by atoms with Gasteiger partial charge in [0.05, 0.1) is 11.0 Å². The first kappa shape index (κ1) is 15.2. The molecule has 1 fully saturated rings. The number of likely N-dealkylation sites (N-methyl/N-ethyl adjacent to an activating group) is 1. The minimum Gasteiger partial charge on any atom is -0.358 e. The van der Waals surface area contributed by atoms with E-state index < -0.39 is 17.1 Å². The normalized spacial score (nSPS) is 14.9. The van der Waals surface area contributed by atoms with Crippen molar-refractivity contribution in [1.82, 2.24) is 5.32 Å². The maximum absolute atomic E-state index is 13.6. The summed E-state index contributed by atoms with van der Waals surface area (Å²) in [5.41, 5.74) is 1.07. The lowest BCUT2D eigenvalue weighted by Gasteiger charge is -2.14. The molecule has 0 aromatic heterocycles. The molecule has 2 N–H and O–H groups in total. The van der Waals surface area contributed by atoms with E-state index in [0.29, 0.717) is 5.69 Å². The Labute approximate surface area is 133 Å². The van der Waals surface area contributed by atoms with Crippen LogP contribution < -0.4 is 10.6 Å². The van der Waals surface area contributed by atoms with E-state index in [4.69, 9.17) is 0 Å². The number of rotatable bonds is 4. The average molecular weight is 312 g/mol. The number of carbonyl (C=O) groups excluding carboxylic acids is 2. The molecule has 0 spiro atoms. The van der Waals surface area contributed by atoms with Crippen LogP contribution in [0, 0.1) is 5.82 Å². The molecule has 1 aliphatic carbocycles. The quantitative estimate of drug-likeness (QED) is 0.912. The lowest BCUT2D eigenvalue weighted by atomic mass is 9.95. The molecular weight excluding hydrogens is 295 g/mol. The molecule has 118 valence electrons. The molecule has 0 atom stereocenters. The van der Waals surface area contributed by atoms with Crippen molar-refractivity contribution >= 4 is 17.5 Å². The molecule has 0 radical (unpaired) electrons. The van der Waals surface area contributed by atoms with Crippen molar-refractivity contribution < 1.29 is 14.0 Å². The van der Waals surface area contributed by atoms with Crippen LogP contribution in [0.5, 0.6) is 0 Å². The van der Waals surface area contributed by atoms with Crippen LogP contribution in [-0.2, 0) is 10.2 Å². The third-order valence-electron chi connectivity index (χ3n) is 4.23. The monoisotopic (exact) mass is 312 g/mol. The molecule has 3 rings (SSSR count). The highest BCUT2D eigenvalue weighted by Crippen LogP contribution is 2.48. The van der Waals surface area contributed by atoms with Crippen molar-refractivity contribution in [3.63, 3.8) is 0 Å². The van der Waals surface area contributed by atoms with E-state index >= 15 is 0 Å². The van der Waals surface area contributed by atoms with E-state index in [0.717, 1.165) is 18.4 Å². The number of nitrogens with one attached hydrogen (secondary N) is 2. The standard InChI is InChI=1S/C18H17FN2O2/c1-20-17(23)18(10-11-18)12-6-8-13(9-7-12)21-16(22)14-4-2-3-5-15(14)19/h2-9H,10-11H2,1H3,(H,20,23)(H,21,22). The van der Waals surface area contributed by atoms with Crippen LogP contribution in [0.2, 0.25) is 0 Å². The SMILES string of the molecule is CNC(=O)C1(c2ccc(NC(=O)c3ccccc3F)cc2)CC1. The van der Waals surface area contributed by atoms with Crippen molar-refractivity contribution in [2.45, 2.75) is 18.3 Å². The fourth-order valence-electron chi connectivity index (χ4n) is 2.73. The first-order chi connectivity index (χ1) is 11.1. The largest absolute Gasteiger partial charge is 0.358 e. The Kier molecular flexibility index (Phi) is 3.86. The van der Waals surface area contributed by atoms with Crippen molar-refractivity contribution in [3.05, 3.63) is 65.5 Å². The van der Waals surface area contributed by atoms with Gasteiger partial charge in [-0.15, -0.1) is 0 Å². The van der Waals surface area contributed by atoms with Crippen LogP contribution in [0.15, 0.2) is 48.5 Å². The summed E-state index contributed by atoms with van der Waals surface area (Å²) in [6.07, 6.45) is 1.65. The van der Waals surface area contributed by atoms with Gasteiger partial charge in [0.15, 0.2) is 0 Å². The number of halogens is 1. The highest BCUT2D eigenvalue weighted by molar-refractivity contribution is 6.04. The van der Waals surface area contributed by atoms with Gasteiger partial charge < -0.3 is 10.6 Å². The number of carbonyl (C=O) groups is 2. The molecule has 2 amide bonds. The minimum absolute atomic E-state index is 0.000556. The highest BCUT2D eigenvalue weighted by atomic mass is 19.1. The Morgan fingerprint density at radius 3 is 2.26 bits per heavy atom. The number of hydrogen-bond donors (Lipinski definition) is 2. The molecule has 2 aromatic carbocycles. The molecule has 0 heterocycles. The third kappa shape index (κ3) is 2.82. The molecule has 1 saturated carbocycles. The van der Waals surface area contributed by atoms with E-state index in [-0.39, 0.29) is 11.5 Å². The smallest absolute Gasteiger partial charge is 0.258 e. The zero-order valence-corrected chi connectivity index (χ0v) is 12.7. The first-order valence-electron chi connectivity index (χ1n) is 7.45. The summed E-state index contributed by atoms with van der Waals surface area (Å²) in [5.74, 6) is -1.04. The van der Waals surface area contributed by atoms with Crippen LogP contribution in [0.25, 0.3) is 0 Å². The van der Waals surface area contributed by atoms with Gasteiger partial charge >= 0.3 is 0 Å². The fraction of sp³-hybridized carbons (Fsp3) is 0.222.